The Labute approximate surface area is 114 Å². The molecule has 1 heterocycles. The van der Waals surface area contributed by atoms with Crippen molar-refractivity contribution in [3.8, 4) is 0 Å². The van der Waals surface area contributed by atoms with Crippen molar-refractivity contribution in [2.75, 3.05) is 0 Å². The first-order valence-electron chi connectivity index (χ1n) is 6.10. The molecule has 0 aliphatic carbocycles. The van der Waals surface area contributed by atoms with Gasteiger partial charge >= 0.3 is 11.9 Å². The molecule has 0 aromatic carbocycles. The highest BCUT2D eigenvalue weighted by molar-refractivity contribution is 5.93. The fourth-order valence-corrected chi connectivity index (χ4v) is 1.49. The van der Waals surface area contributed by atoms with Gasteiger partial charge in [-0.05, 0) is 12.8 Å². The van der Waals surface area contributed by atoms with Crippen molar-refractivity contribution in [2.45, 2.75) is 38.6 Å². The molecule has 4 N–H and O–H groups in total. The maximum Gasteiger partial charge on any atom is 0.326 e. The van der Waals surface area contributed by atoms with Gasteiger partial charge in [-0.3, -0.25) is 14.7 Å². The molecule has 0 aliphatic rings. The van der Waals surface area contributed by atoms with Crippen molar-refractivity contribution in [3.05, 3.63) is 11.6 Å². The fraction of sp³-hybridized carbons (Fsp3) is 0.545. The van der Waals surface area contributed by atoms with Crippen LogP contribution in [0.3, 0.4) is 0 Å². The van der Waals surface area contributed by atoms with Gasteiger partial charge in [-0.25, -0.2) is 9.78 Å². The third-order valence-corrected chi connectivity index (χ3v) is 2.56. The Kier molecular flexibility index (Phi) is 5.63. The standard InChI is InChI=1S/C11H16N4O5/c1-2-7-13-9(15-14-7)10(18)12-6(11(19)20)4-3-5-8(16)17/h6H,2-5H2,1H3,(H,12,18)(H,16,17)(H,19,20)(H,13,14,15)/t6-/m1/s1. The second-order valence-electron chi connectivity index (χ2n) is 4.11. The Morgan fingerprint density at radius 3 is 2.55 bits per heavy atom. The van der Waals surface area contributed by atoms with Crippen LogP contribution >= 0.6 is 0 Å². The Bertz CT molecular complexity index is 499. The number of nitrogens with zero attached hydrogens (tertiary/aromatic N) is 2. The number of hydrogen-bond acceptors (Lipinski definition) is 5. The van der Waals surface area contributed by atoms with Crippen LogP contribution in [-0.4, -0.2) is 49.3 Å². The summed E-state index contributed by atoms with van der Waals surface area (Å²) in [6, 6.07) is -1.16. The Balaban J connectivity index is 2.58. The number of nitrogens with one attached hydrogen (secondary N) is 2. The topological polar surface area (TPSA) is 145 Å². The normalized spacial score (nSPS) is 11.8. The number of carbonyl (C=O) groups excluding carboxylic acids is 1. The molecular formula is C11H16N4O5. The van der Waals surface area contributed by atoms with Crippen LogP contribution in [-0.2, 0) is 16.0 Å². The molecule has 20 heavy (non-hydrogen) atoms. The predicted molar refractivity (Wildman–Crippen MR) is 66.1 cm³/mol. The van der Waals surface area contributed by atoms with Crippen molar-refractivity contribution in [2.24, 2.45) is 0 Å². The summed E-state index contributed by atoms with van der Waals surface area (Å²) in [5.41, 5.74) is 0. The van der Waals surface area contributed by atoms with Crippen LogP contribution in [0.4, 0.5) is 0 Å². The molecule has 0 saturated carbocycles. The first-order valence-corrected chi connectivity index (χ1v) is 6.10. The summed E-state index contributed by atoms with van der Waals surface area (Å²) in [5, 5.41) is 26.0. The largest absolute Gasteiger partial charge is 0.481 e. The molecule has 0 radical (unpaired) electrons. The maximum absolute atomic E-state index is 11.8. The van der Waals surface area contributed by atoms with Gasteiger partial charge in [0.25, 0.3) is 5.91 Å². The lowest BCUT2D eigenvalue weighted by Gasteiger charge is -2.12. The van der Waals surface area contributed by atoms with Gasteiger partial charge in [-0.1, -0.05) is 6.92 Å². The monoisotopic (exact) mass is 284 g/mol. The molecule has 0 saturated heterocycles. The first-order chi connectivity index (χ1) is 9.43. The van der Waals surface area contributed by atoms with Crippen LogP contribution in [0.1, 0.15) is 42.6 Å². The highest BCUT2D eigenvalue weighted by Crippen LogP contribution is 2.03. The van der Waals surface area contributed by atoms with E-state index >= 15 is 0 Å². The second-order valence-corrected chi connectivity index (χ2v) is 4.11. The summed E-state index contributed by atoms with van der Waals surface area (Å²) < 4.78 is 0. The van der Waals surface area contributed by atoms with Gasteiger partial charge in [0, 0.05) is 12.8 Å². The Morgan fingerprint density at radius 2 is 2.05 bits per heavy atom. The van der Waals surface area contributed by atoms with E-state index in [1.165, 1.54) is 0 Å². The minimum absolute atomic E-state index is 0.0262. The highest BCUT2D eigenvalue weighted by atomic mass is 16.4. The summed E-state index contributed by atoms with van der Waals surface area (Å²) >= 11 is 0. The zero-order chi connectivity index (χ0) is 15.1. The number of aryl methyl sites for hydroxylation is 1. The summed E-state index contributed by atoms with van der Waals surface area (Å²) in [6.45, 7) is 1.83. The van der Waals surface area contributed by atoms with E-state index in [-0.39, 0.29) is 25.1 Å². The zero-order valence-electron chi connectivity index (χ0n) is 10.9. The number of rotatable bonds is 8. The third-order valence-electron chi connectivity index (χ3n) is 2.56. The van der Waals surface area contributed by atoms with Gasteiger partial charge in [0.05, 0.1) is 0 Å². The summed E-state index contributed by atoms with van der Waals surface area (Å²) in [6.07, 6.45) is 0.598. The molecule has 0 aliphatic heterocycles. The van der Waals surface area contributed by atoms with Crippen LogP contribution in [0.15, 0.2) is 0 Å². The quantitative estimate of drug-likeness (QED) is 0.517. The van der Waals surface area contributed by atoms with Crippen molar-refractivity contribution < 1.29 is 24.6 Å². The van der Waals surface area contributed by atoms with Gasteiger partial charge in [0.2, 0.25) is 5.82 Å². The summed E-state index contributed by atoms with van der Waals surface area (Å²) in [5.74, 6) is -2.56. The van der Waals surface area contributed by atoms with Crippen molar-refractivity contribution in [1.82, 2.24) is 20.5 Å². The van der Waals surface area contributed by atoms with Crippen LogP contribution in [0.2, 0.25) is 0 Å². The molecule has 0 spiro atoms. The molecular weight excluding hydrogens is 268 g/mol. The van der Waals surface area contributed by atoms with Gasteiger partial charge in [0.1, 0.15) is 11.9 Å². The Morgan fingerprint density at radius 1 is 1.35 bits per heavy atom. The minimum atomic E-state index is -1.23. The average Bonchev–Trinajstić information content (AvgIpc) is 2.85. The van der Waals surface area contributed by atoms with Crippen molar-refractivity contribution in [3.63, 3.8) is 0 Å². The highest BCUT2D eigenvalue weighted by Gasteiger charge is 2.22. The first kappa shape index (κ1) is 15.6. The number of carboxylic acid groups (broad SMARTS) is 2. The van der Waals surface area contributed by atoms with E-state index in [1.807, 2.05) is 6.92 Å². The number of amides is 1. The Hall–Kier alpha value is -2.45. The number of carbonyl (C=O) groups is 3. The van der Waals surface area contributed by atoms with Gasteiger partial charge in [0.15, 0.2) is 0 Å². The maximum atomic E-state index is 11.8. The van der Waals surface area contributed by atoms with Gasteiger partial charge in [-0.2, -0.15) is 0 Å². The molecule has 9 heteroatoms. The van der Waals surface area contributed by atoms with Crippen LogP contribution in [0, 0.1) is 0 Å². The summed E-state index contributed by atoms with van der Waals surface area (Å²) in [7, 11) is 0. The molecule has 1 rings (SSSR count). The third kappa shape index (κ3) is 4.67. The summed E-state index contributed by atoms with van der Waals surface area (Å²) in [4.78, 5) is 37.0. The molecule has 1 atom stereocenters. The lowest BCUT2D eigenvalue weighted by molar-refractivity contribution is -0.140. The number of H-pyrrole nitrogens is 1. The predicted octanol–water partition coefficient (Wildman–Crippen LogP) is -0.195. The number of carboxylic acids is 2. The average molecular weight is 284 g/mol. The van der Waals surface area contributed by atoms with Crippen LogP contribution < -0.4 is 5.32 Å². The SMILES string of the molecule is CCc1nc(C(=O)N[C@H](CCCC(=O)O)C(=O)O)n[nH]1. The molecule has 1 amide bonds. The molecule has 0 bridgehead atoms. The molecule has 1 aromatic rings. The number of hydrogen-bond donors (Lipinski definition) is 4. The van der Waals surface area contributed by atoms with E-state index in [4.69, 9.17) is 10.2 Å². The molecule has 0 fully saturated rings. The van der Waals surface area contributed by atoms with Gasteiger partial charge in [-0.15, -0.1) is 5.10 Å². The lowest BCUT2D eigenvalue weighted by Crippen LogP contribution is -2.41. The molecule has 9 nitrogen and oxygen atoms in total. The minimum Gasteiger partial charge on any atom is -0.481 e. The number of aromatic amines is 1. The van der Waals surface area contributed by atoms with E-state index < -0.39 is 23.9 Å². The van der Waals surface area contributed by atoms with E-state index in [0.717, 1.165) is 0 Å². The van der Waals surface area contributed by atoms with Crippen LogP contribution in [0.25, 0.3) is 0 Å². The fourth-order valence-electron chi connectivity index (χ4n) is 1.49. The number of aliphatic carboxylic acids is 2. The number of aromatic nitrogens is 3. The molecule has 110 valence electrons. The van der Waals surface area contributed by atoms with Crippen molar-refractivity contribution >= 4 is 17.8 Å². The van der Waals surface area contributed by atoms with E-state index in [0.29, 0.717) is 12.2 Å². The lowest BCUT2D eigenvalue weighted by atomic mass is 10.1. The van der Waals surface area contributed by atoms with E-state index in [9.17, 15) is 14.4 Å². The van der Waals surface area contributed by atoms with E-state index in [1.54, 1.807) is 0 Å². The van der Waals surface area contributed by atoms with Crippen LogP contribution in [0.5, 0.6) is 0 Å². The molecule has 0 unspecified atom stereocenters. The van der Waals surface area contributed by atoms with E-state index in [2.05, 4.69) is 20.5 Å². The zero-order valence-corrected chi connectivity index (χ0v) is 10.9. The molecule has 1 aromatic heterocycles. The van der Waals surface area contributed by atoms with Crippen molar-refractivity contribution in [1.29, 1.82) is 0 Å². The second kappa shape index (κ2) is 7.22. The smallest absolute Gasteiger partial charge is 0.326 e. The van der Waals surface area contributed by atoms with Gasteiger partial charge < -0.3 is 15.5 Å².